The molecule has 1 amide bonds. The maximum Gasteiger partial charge on any atom is 0.253 e. The monoisotopic (exact) mass is 283 g/mol. The van der Waals surface area contributed by atoms with Gasteiger partial charge >= 0.3 is 0 Å². The highest BCUT2D eigenvalue weighted by Crippen LogP contribution is 2.20. The van der Waals surface area contributed by atoms with E-state index in [2.05, 4.69) is 15.6 Å². The minimum absolute atomic E-state index is 0.0495. The number of rotatable bonds is 4. The topological polar surface area (TPSA) is 63.2 Å². The summed E-state index contributed by atoms with van der Waals surface area (Å²) in [6, 6.07) is 1.68. The van der Waals surface area contributed by atoms with Crippen molar-refractivity contribution in [2.24, 2.45) is 0 Å². The molecule has 0 aliphatic carbocycles. The van der Waals surface area contributed by atoms with Crippen molar-refractivity contribution in [2.45, 2.75) is 32.4 Å². The fraction of sp³-hybridized carbons (Fsp3) is 0.538. The Morgan fingerprint density at radius 3 is 3.00 bits per heavy atom. The van der Waals surface area contributed by atoms with E-state index in [1.807, 2.05) is 13.8 Å². The Morgan fingerprint density at radius 2 is 2.42 bits per heavy atom. The van der Waals surface area contributed by atoms with Gasteiger partial charge in [0.2, 0.25) is 0 Å². The maximum absolute atomic E-state index is 12.1. The lowest BCUT2D eigenvalue weighted by atomic mass is 10.1. The molecule has 19 heavy (non-hydrogen) atoms. The zero-order chi connectivity index (χ0) is 13.8. The molecule has 0 aromatic carbocycles. The van der Waals surface area contributed by atoms with Gasteiger partial charge in [0.1, 0.15) is 5.82 Å². The third-order valence-electron chi connectivity index (χ3n) is 3.14. The Balaban J connectivity index is 2.04. The molecule has 1 fully saturated rings. The van der Waals surface area contributed by atoms with Crippen molar-refractivity contribution >= 4 is 23.3 Å². The summed E-state index contributed by atoms with van der Waals surface area (Å²) in [6.07, 6.45) is 2.41. The number of hydrogen-bond donors (Lipinski definition) is 2. The third kappa shape index (κ3) is 3.36. The maximum atomic E-state index is 12.1. The minimum Gasteiger partial charge on any atom is -0.376 e. The quantitative estimate of drug-likeness (QED) is 0.888. The van der Waals surface area contributed by atoms with Gasteiger partial charge in [-0.05, 0) is 26.3 Å². The number of nitrogens with one attached hydrogen (secondary N) is 2. The van der Waals surface area contributed by atoms with Crippen molar-refractivity contribution in [1.82, 2.24) is 10.3 Å². The zero-order valence-electron chi connectivity index (χ0n) is 11.1. The summed E-state index contributed by atoms with van der Waals surface area (Å²) in [7, 11) is 0. The van der Waals surface area contributed by atoms with Gasteiger partial charge in [-0.15, -0.1) is 0 Å². The Morgan fingerprint density at radius 1 is 1.63 bits per heavy atom. The van der Waals surface area contributed by atoms with Crippen molar-refractivity contribution in [3.63, 3.8) is 0 Å². The van der Waals surface area contributed by atoms with Crippen LogP contribution in [0.1, 0.15) is 30.6 Å². The van der Waals surface area contributed by atoms with Crippen molar-refractivity contribution in [3.05, 3.63) is 22.8 Å². The zero-order valence-corrected chi connectivity index (χ0v) is 11.8. The molecule has 104 valence electrons. The Kier molecular flexibility index (Phi) is 4.61. The van der Waals surface area contributed by atoms with Crippen LogP contribution < -0.4 is 10.6 Å². The fourth-order valence-electron chi connectivity index (χ4n) is 2.03. The average molecular weight is 284 g/mol. The molecule has 0 spiro atoms. The highest BCUT2D eigenvalue weighted by molar-refractivity contribution is 6.33. The van der Waals surface area contributed by atoms with Gasteiger partial charge in [-0.2, -0.15) is 0 Å². The van der Waals surface area contributed by atoms with Gasteiger partial charge in [-0.3, -0.25) is 4.79 Å². The summed E-state index contributed by atoms with van der Waals surface area (Å²) >= 11 is 6.07. The highest BCUT2D eigenvalue weighted by Gasteiger charge is 2.26. The lowest BCUT2D eigenvalue weighted by Crippen LogP contribution is -2.39. The molecule has 0 saturated carbocycles. The molecule has 2 unspecified atom stereocenters. The number of aromatic nitrogens is 1. The Bertz CT molecular complexity index is 467. The van der Waals surface area contributed by atoms with Gasteiger partial charge in [0, 0.05) is 19.3 Å². The van der Waals surface area contributed by atoms with Gasteiger partial charge < -0.3 is 15.4 Å². The number of pyridine rings is 1. The Labute approximate surface area is 117 Å². The number of halogens is 1. The summed E-state index contributed by atoms with van der Waals surface area (Å²) in [6.45, 7) is 5.33. The molecule has 1 aromatic rings. The molecule has 2 heterocycles. The smallest absolute Gasteiger partial charge is 0.253 e. The number of carbonyl (C=O) groups excluding carboxylic acids is 1. The van der Waals surface area contributed by atoms with Crippen molar-refractivity contribution < 1.29 is 9.53 Å². The van der Waals surface area contributed by atoms with E-state index in [0.717, 1.165) is 13.0 Å². The molecular formula is C13H18ClN3O2. The van der Waals surface area contributed by atoms with Crippen LogP contribution in [0.3, 0.4) is 0 Å². The second kappa shape index (κ2) is 6.21. The van der Waals surface area contributed by atoms with Crippen LogP contribution in [0.5, 0.6) is 0 Å². The Hall–Kier alpha value is -1.33. The van der Waals surface area contributed by atoms with E-state index < -0.39 is 0 Å². The number of nitrogens with zero attached hydrogens (tertiary/aromatic N) is 1. The van der Waals surface area contributed by atoms with Gasteiger partial charge in [0.05, 0.1) is 22.7 Å². The molecular weight excluding hydrogens is 266 g/mol. The lowest BCUT2D eigenvalue weighted by Gasteiger charge is -2.16. The second-order valence-corrected chi connectivity index (χ2v) is 4.94. The first kappa shape index (κ1) is 14.1. The van der Waals surface area contributed by atoms with E-state index >= 15 is 0 Å². The van der Waals surface area contributed by atoms with E-state index in [1.165, 1.54) is 6.20 Å². The molecule has 5 nitrogen and oxygen atoms in total. The number of carbonyl (C=O) groups is 1. The van der Waals surface area contributed by atoms with Crippen LogP contribution >= 0.6 is 11.6 Å². The summed E-state index contributed by atoms with van der Waals surface area (Å²) < 4.78 is 5.41. The standard InChI is InChI=1S/C13H18ClN3O2/c1-3-15-12-10(14)6-9(7-16-12)13(18)17-11-4-5-19-8(11)2/h6-8,11H,3-5H2,1-2H3,(H,15,16)(H,17,18). The number of amides is 1. The third-order valence-corrected chi connectivity index (χ3v) is 3.43. The van der Waals surface area contributed by atoms with Crippen LogP contribution in [0.2, 0.25) is 5.02 Å². The lowest BCUT2D eigenvalue weighted by molar-refractivity contribution is 0.0866. The first-order valence-corrected chi connectivity index (χ1v) is 6.81. The molecule has 1 aromatic heterocycles. The summed E-state index contributed by atoms with van der Waals surface area (Å²) in [4.78, 5) is 16.2. The van der Waals surface area contributed by atoms with E-state index in [9.17, 15) is 4.79 Å². The normalized spacial score (nSPS) is 22.3. The second-order valence-electron chi connectivity index (χ2n) is 4.53. The fourth-order valence-corrected chi connectivity index (χ4v) is 2.27. The van der Waals surface area contributed by atoms with Gasteiger partial charge in [-0.1, -0.05) is 11.6 Å². The molecule has 2 rings (SSSR count). The summed E-state index contributed by atoms with van der Waals surface area (Å²) in [5.41, 5.74) is 0.464. The molecule has 1 aliphatic heterocycles. The predicted molar refractivity (Wildman–Crippen MR) is 74.7 cm³/mol. The molecule has 1 saturated heterocycles. The van der Waals surface area contributed by atoms with Crippen LogP contribution in [0.25, 0.3) is 0 Å². The van der Waals surface area contributed by atoms with Gasteiger partial charge in [0.15, 0.2) is 0 Å². The van der Waals surface area contributed by atoms with Crippen molar-refractivity contribution in [3.8, 4) is 0 Å². The number of hydrogen-bond acceptors (Lipinski definition) is 4. The molecule has 1 aliphatic rings. The van der Waals surface area contributed by atoms with Gasteiger partial charge in [-0.25, -0.2) is 4.98 Å². The van der Waals surface area contributed by atoms with Crippen LogP contribution in [0.15, 0.2) is 12.3 Å². The molecule has 6 heteroatoms. The van der Waals surface area contributed by atoms with Crippen LogP contribution in [-0.2, 0) is 4.74 Å². The predicted octanol–water partition coefficient (Wildman–Crippen LogP) is 2.07. The SMILES string of the molecule is CCNc1ncc(C(=O)NC2CCOC2C)cc1Cl. The number of anilines is 1. The molecule has 2 N–H and O–H groups in total. The minimum atomic E-state index is -0.167. The largest absolute Gasteiger partial charge is 0.376 e. The summed E-state index contributed by atoms with van der Waals surface area (Å²) in [5, 5.41) is 6.42. The summed E-state index contributed by atoms with van der Waals surface area (Å²) in [5.74, 6) is 0.429. The van der Waals surface area contributed by atoms with E-state index in [0.29, 0.717) is 23.0 Å². The highest BCUT2D eigenvalue weighted by atomic mass is 35.5. The van der Waals surface area contributed by atoms with Crippen molar-refractivity contribution in [1.29, 1.82) is 0 Å². The van der Waals surface area contributed by atoms with E-state index in [1.54, 1.807) is 6.07 Å². The van der Waals surface area contributed by atoms with Gasteiger partial charge in [0.25, 0.3) is 5.91 Å². The number of ether oxygens (including phenoxy) is 1. The van der Waals surface area contributed by atoms with Crippen LogP contribution in [-0.4, -0.2) is 36.2 Å². The van der Waals surface area contributed by atoms with E-state index in [-0.39, 0.29) is 18.1 Å². The first-order valence-electron chi connectivity index (χ1n) is 6.43. The van der Waals surface area contributed by atoms with Crippen molar-refractivity contribution in [2.75, 3.05) is 18.5 Å². The molecule has 0 radical (unpaired) electrons. The first-order chi connectivity index (χ1) is 9.11. The van der Waals surface area contributed by atoms with Crippen LogP contribution in [0, 0.1) is 0 Å². The van der Waals surface area contributed by atoms with Crippen LogP contribution in [0.4, 0.5) is 5.82 Å². The molecule has 0 bridgehead atoms. The van der Waals surface area contributed by atoms with E-state index in [4.69, 9.17) is 16.3 Å². The molecule has 2 atom stereocenters. The average Bonchev–Trinajstić information content (AvgIpc) is 2.78.